The number of amides is 1. The average molecular weight is 507 g/mol. The van der Waals surface area contributed by atoms with Crippen LogP contribution in [0.25, 0.3) is 6.08 Å². The van der Waals surface area contributed by atoms with Crippen molar-refractivity contribution in [1.82, 2.24) is 9.47 Å². The first-order chi connectivity index (χ1) is 16.7. The van der Waals surface area contributed by atoms with Gasteiger partial charge in [-0.3, -0.25) is 19.1 Å². The van der Waals surface area contributed by atoms with Crippen LogP contribution in [-0.4, -0.2) is 32.8 Å². The first kappa shape index (κ1) is 25.2. The summed E-state index contributed by atoms with van der Waals surface area (Å²) in [6, 6.07) is 10.2. The lowest BCUT2D eigenvalue weighted by molar-refractivity contribution is -0.122. The van der Waals surface area contributed by atoms with Gasteiger partial charge < -0.3 is 4.90 Å². The van der Waals surface area contributed by atoms with E-state index in [4.69, 9.17) is 12.2 Å². The summed E-state index contributed by atoms with van der Waals surface area (Å²) in [4.78, 5) is 30.9. The Hall–Kier alpha value is -2.89. The minimum absolute atomic E-state index is 0.127. The van der Waals surface area contributed by atoms with Gasteiger partial charge in [0.2, 0.25) is 0 Å². The molecule has 0 radical (unpaired) electrons. The molecule has 3 heterocycles. The molecule has 6 nitrogen and oxygen atoms in total. The Morgan fingerprint density at radius 2 is 1.83 bits per heavy atom. The molecular formula is C27H30N4O2S2. The van der Waals surface area contributed by atoms with E-state index < -0.39 is 0 Å². The highest BCUT2D eigenvalue weighted by molar-refractivity contribution is 8.26. The van der Waals surface area contributed by atoms with Crippen molar-refractivity contribution in [3.63, 3.8) is 0 Å². The zero-order chi connectivity index (χ0) is 25.3. The van der Waals surface area contributed by atoms with Gasteiger partial charge in [0, 0.05) is 25.2 Å². The van der Waals surface area contributed by atoms with Crippen molar-refractivity contribution in [2.75, 3.05) is 18.0 Å². The van der Waals surface area contributed by atoms with Crippen LogP contribution in [0.1, 0.15) is 54.5 Å². The summed E-state index contributed by atoms with van der Waals surface area (Å²) in [5, 5.41) is 9.76. The molecule has 2 fully saturated rings. The lowest BCUT2D eigenvalue weighted by atomic mass is 9.97. The Morgan fingerprint density at radius 1 is 1.17 bits per heavy atom. The Bertz CT molecular complexity index is 1300. The van der Waals surface area contributed by atoms with Gasteiger partial charge in [-0.2, -0.15) is 5.26 Å². The molecule has 0 saturated carbocycles. The van der Waals surface area contributed by atoms with Crippen molar-refractivity contribution in [1.29, 1.82) is 5.26 Å². The summed E-state index contributed by atoms with van der Waals surface area (Å²) < 4.78 is 2.19. The number of thioether (sulfide) groups is 1. The van der Waals surface area contributed by atoms with Crippen LogP contribution in [0.15, 0.2) is 34.0 Å². The van der Waals surface area contributed by atoms with E-state index in [1.807, 2.05) is 44.2 Å². The summed E-state index contributed by atoms with van der Waals surface area (Å²) in [6.45, 7) is 10.5. The second kappa shape index (κ2) is 10.4. The molecule has 8 heteroatoms. The van der Waals surface area contributed by atoms with Crippen LogP contribution in [0.3, 0.4) is 0 Å². The third kappa shape index (κ3) is 4.93. The fraction of sp³-hybridized carbons (Fsp3) is 0.407. The molecule has 2 saturated heterocycles. The number of piperidine rings is 1. The lowest BCUT2D eigenvalue weighted by Gasteiger charge is -2.35. The maximum atomic E-state index is 13.4. The fourth-order valence-electron chi connectivity index (χ4n) is 4.64. The molecule has 182 valence electrons. The molecule has 0 aliphatic carbocycles. The topological polar surface area (TPSA) is 69.3 Å². The molecule has 1 aromatic carbocycles. The SMILES string of the molecule is CCn1c(N2CCC(C)CC2)c(C=C2SC(=S)N(Cc3ccc(C)cc3)C2=O)c(C)c(C#N)c1=O. The molecule has 1 aromatic heterocycles. The third-order valence-corrected chi connectivity index (χ3v) is 8.23. The summed E-state index contributed by atoms with van der Waals surface area (Å²) in [5.74, 6) is 1.28. The van der Waals surface area contributed by atoms with E-state index in [1.165, 1.54) is 11.8 Å². The minimum Gasteiger partial charge on any atom is -0.357 e. The first-order valence-corrected chi connectivity index (χ1v) is 13.2. The van der Waals surface area contributed by atoms with E-state index in [9.17, 15) is 14.9 Å². The molecular weight excluding hydrogens is 476 g/mol. The number of pyridine rings is 1. The van der Waals surface area contributed by atoms with Crippen LogP contribution < -0.4 is 10.5 Å². The van der Waals surface area contributed by atoms with Crippen molar-refractivity contribution >= 4 is 46.1 Å². The van der Waals surface area contributed by atoms with E-state index in [2.05, 4.69) is 17.9 Å². The number of thiocarbonyl (C=S) groups is 1. The molecule has 1 amide bonds. The monoisotopic (exact) mass is 506 g/mol. The van der Waals surface area contributed by atoms with Crippen LogP contribution in [0.4, 0.5) is 5.82 Å². The van der Waals surface area contributed by atoms with E-state index in [-0.39, 0.29) is 17.0 Å². The van der Waals surface area contributed by atoms with E-state index in [0.29, 0.717) is 33.8 Å². The van der Waals surface area contributed by atoms with Gasteiger partial charge in [0.05, 0.1) is 11.4 Å². The number of anilines is 1. The number of nitriles is 1. The number of nitrogens with zero attached hydrogens (tertiary/aromatic N) is 4. The summed E-state index contributed by atoms with van der Waals surface area (Å²) in [6.07, 6.45) is 3.91. The normalized spacial score (nSPS) is 18.0. The quantitative estimate of drug-likeness (QED) is 0.420. The highest BCUT2D eigenvalue weighted by Gasteiger charge is 2.33. The molecule has 0 atom stereocenters. The van der Waals surface area contributed by atoms with Gasteiger partial charge in [0.15, 0.2) is 0 Å². The van der Waals surface area contributed by atoms with Crippen molar-refractivity contribution in [3.8, 4) is 6.07 Å². The smallest absolute Gasteiger partial charge is 0.270 e. The molecule has 2 aliphatic heterocycles. The second-order valence-corrected chi connectivity index (χ2v) is 11.0. The molecule has 2 aromatic rings. The summed E-state index contributed by atoms with van der Waals surface area (Å²) in [7, 11) is 0. The first-order valence-electron chi connectivity index (χ1n) is 12.0. The van der Waals surface area contributed by atoms with Crippen LogP contribution in [0, 0.1) is 31.1 Å². The van der Waals surface area contributed by atoms with E-state index >= 15 is 0 Å². The number of carbonyl (C=O) groups excluding carboxylic acids is 1. The molecule has 0 N–H and O–H groups in total. The van der Waals surface area contributed by atoms with Crippen molar-refractivity contribution in [2.24, 2.45) is 5.92 Å². The predicted molar refractivity (Wildman–Crippen MR) is 146 cm³/mol. The van der Waals surface area contributed by atoms with Gasteiger partial charge in [-0.15, -0.1) is 0 Å². The average Bonchev–Trinajstić information content (AvgIpc) is 3.10. The molecule has 4 rings (SSSR count). The zero-order valence-electron chi connectivity index (χ0n) is 20.6. The van der Waals surface area contributed by atoms with Crippen molar-refractivity contribution in [3.05, 3.63) is 67.3 Å². The molecule has 0 unspecified atom stereocenters. The molecule has 2 aliphatic rings. The predicted octanol–water partition coefficient (Wildman–Crippen LogP) is 4.99. The van der Waals surface area contributed by atoms with Gasteiger partial charge in [-0.05, 0) is 56.7 Å². The maximum absolute atomic E-state index is 13.4. The molecule has 0 spiro atoms. The number of hydrogen-bond donors (Lipinski definition) is 0. The Kier molecular flexibility index (Phi) is 7.48. The van der Waals surface area contributed by atoms with E-state index in [0.717, 1.165) is 48.4 Å². The summed E-state index contributed by atoms with van der Waals surface area (Å²) >= 11 is 6.84. The largest absolute Gasteiger partial charge is 0.357 e. The Morgan fingerprint density at radius 3 is 2.43 bits per heavy atom. The molecule has 0 bridgehead atoms. The van der Waals surface area contributed by atoms with Crippen LogP contribution in [0.2, 0.25) is 0 Å². The lowest BCUT2D eigenvalue weighted by Crippen LogP contribution is -2.39. The van der Waals surface area contributed by atoms with Crippen molar-refractivity contribution < 1.29 is 4.79 Å². The minimum atomic E-state index is -0.273. The number of rotatable bonds is 5. The summed E-state index contributed by atoms with van der Waals surface area (Å²) in [5.41, 5.74) is 3.40. The number of aromatic nitrogens is 1. The third-order valence-electron chi connectivity index (χ3n) is 6.86. The van der Waals surface area contributed by atoms with Gasteiger partial charge in [-0.25, -0.2) is 0 Å². The molecule has 35 heavy (non-hydrogen) atoms. The Labute approximate surface area is 216 Å². The number of hydrogen-bond acceptors (Lipinski definition) is 6. The van der Waals surface area contributed by atoms with Gasteiger partial charge >= 0.3 is 0 Å². The van der Waals surface area contributed by atoms with Gasteiger partial charge in [0.1, 0.15) is 21.8 Å². The fourth-order valence-corrected chi connectivity index (χ4v) is 5.88. The van der Waals surface area contributed by atoms with Crippen molar-refractivity contribution in [2.45, 2.75) is 53.6 Å². The van der Waals surface area contributed by atoms with Crippen LogP contribution in [-0.2, 0) is 17.9 Å². The standard InChI is InChI=1S/C27H30N4O2S2/c1-5-30-24(29-12-10-18(3)11-13-29)21(19(4)22(15-28)25(30)32)14-23-26(33)31(27(34)35-23)16-20-8-6-17(2)7-9-20/h6-9,14,18H,5,10-13,16H2,1-4H3. The highest BCUT2D eigenvalue weighted by Crippen LogP contribution is 2.37. The second-order valence-electron chi connectivity index (χ2n) is 9.32. The van der Waals surface area contributed by atoms with Crippen LogP contribution >= 0.6 is 24.0 Å². The maximum Gasteiger partial charge on any atom is 0.270 e. The number of aryl methyl sites for hydroxylation is 1. The van der Waals surface area contributed by atoms with Gasteiger partial charge in [-0.1, -0.05) is 60.7 Å². The number of carbonyl (C=O) groups is 1. The highest BCUT2D eigenvalue weighted by atomic mass is 32.2. The van der Waals surface area contributed by atoms with Gasteiger partial charge in [0.25, 0.3) is 11.5 Å². The number of benzene rings is 1. The van der Waals surface area contributed by atoms with E-state index in [1.54, 1.807) is 16.4 Å². The zero-order valence-corrected chi connectivity index (χ0v) is 22.3. The van der Waals surface area contributed by atoms with Crippen LogP contribution in [0.5, 0.6) is 0 Å². The Balaban J connectivity index is 1.78.